The minimum atomic E-state index is -0.00786. The van der Waals surface area contributed by atoms with Crippen molar-refractivity contribution in [1.29, 1.82) is 0 Å². The first-order valence-corrected chi connectivity index (χ1v) is 5.86. The van der Waals surface area contributed by atoms with Crippen LogP contribution in [-0.4, -0.2) is 5.91 Å². The van der Waals surface area contributed by atoms with E-state index < -0.39 is 0 Å². The molecular weight excluding hydrogens is 200 g/mol. The molecule has 0 saturated heterocycles. The van der Waals surface area contributed by atoms with E-state index in [2.05, 4.69) is 29.7 Å². The average Bonchev–Trinajstić information content (AvgIpc) is 2.39. The number of hydrogen-bond acceptors (Lipinski definition) is 2. The molecule has 1 saturated carbocycles. The molecule has 0 heterocycles. The SMILES string of the molecule is NNC(=O)[C@H]1CC[C@H](c2ccccc2)CC1. The van der Waals surface area contributed by atoms with E-state index in [4.69, 9.17) is 5.84 Å². The molecule has 86 valence electrons. The molecule has 3 heteroatoms. The highest BCUT2D eigenvalue weighted by Crippen LogP contribution is 2.35. The maximum Gasteiger partial charge on any atom is 0.236 e. The van der Waals surface area contributed by atoms with Gasteiger partial charge in [-0.05, 0) is 37.2 Å². The van der Waals surface area contributed by atoms with E-state index in [0.29, 0.717) is 5.92 Å². The number of carbonyl (C=O) groups excluding carboxylic acids is 1. The zero-order chi connectivity index (χ0) is 11.4. The highest BCUT2D eigenvalue weighted by atomic mass is 16.2. The lowest BCUT2D eigenvalue weighted by Gasteiger charge is -2.27. The predicted octanol–water partition coefficient (Wildman–Crippen LogP) is 1.95. The molecule has 1 amide bonds. The van der Waals surface area contributed by atoms with Crippen LogP contribution in [0.2, 0.25) is 0 Å². The first kappa shape index (κ1) is 11.1. The fourth-order valence-electron chi connectivity index (χ4n) is 2.53. The van der Waals surface area contributed by atoms with Gasteiger partial charge in [-0.3, -0.25) is 10.2 Å². The molecule has 1 fully saturated rings. The van der Waals surface area contributed by atoms with Gasteiger partial charge >= 0.3 is 0 Å². The van der Waals surface area contributed by atoms with E-state index in [0.717, 1.165) is 25.7 Å². The van der Waals surface area contributed by atoms with Gasteiger partial charge in [0.25, 0.3) is 0 Å². The second-order valence-electron chi connectivity index (χ2n) is 4.47. The second-order valence-corrected chi connectivity index (χ2v) is 4.47. The van der Waals surface area contributed by atoms with Crippen molar-refractivity contribution in [3.8, 4) is 0 Å². The second kappa shape index (κ2) is 5.12. The highest BCUT2D eigenvalue weighted by Gasteiger charge is 2.26. The van der Waals surface area contributed by atoms with Crippen molar-refractivity contribution in [2.75, 3.05) is 0 Å². The van der Waals surface area contributed by atoms with Crippen molar-refractivity contribution in [2.45, 2.75) is 31.6 Å². The summed E-state index contributed by atoms with van der Waals surface area (Å²) in [6.45, 7) is 0. The first-order chi connectivity index (χ1) is 7.81. The molecule has 0 radical (unpaired) electrons. The Morgan fingerprint density at radius 3 is 2.31 bits per heavy atom. The van der Waals surface area contributed by atoms with E-state index in [1.165, 1.54) is 5.56 Å². The Bertz CT molecular complexity index is 342. The number of amides is 1. The maximum atomic E-state index is 11.4. The molecule has 0 atom stereocenters. The summed E-state index contributed by atoms with van der Waals surface area (Å²) in [6.07, 6.45) is 4.06. The van der Waals surface area contributed by atoms with Crippen molar-refractivity contribution in [1.82, 2.24) is 5.43 Å². The molecule has 3 nitrogen and oxygen atoms in total. The highest BCUT2D eigenvalue weighted by molar-refractivity contribution is 5.78. The lowest BCUT2D eigenvalue weighted by molar-refractivity contribution is -0.126. The third kappa shape index (κ3) is 2.42. The molecule has 0 spiro atoms. The van der Waals surface area contributed by atoms with Gasteiger partial charge < -0.3 is 0 Å². The molecule has 1 aromatic carbocycles. The number of hydrogen-bond donors (Lipinski definition) is 2. The third-order valence-corrected chi connectivity index (χ3v) is 3.51. The minimum Gasteiger partial charge on any atom is -0.294 e. The maximum absolute atomic E-state index is 11.4. The van der Waals surface area contributed by atoms with Gasteiger partial charge in [-0.1, -0.05) is 30.3 Å². The summed E-state index contributed by atoms with van der Waals surface area (Å²) in [7, 11) is 0. The van der Waals surface area contributed by atoms with Gasteiger partial charge in [-0.25, -0.2) is 5.84 Å². The lowest BCUT2D eigenvalue weighted by Crippen LogP contribution is -2.37. The molecule has 0 aliphatic heterocycles. The van der Waals surface area contributed by atoms with Crippen LogP contribution in [0, 0.1) is 5.92 Å². The van der Waals surface area contributed by atoms with Crippen molar-refractivity contribution >= 4 is 5.91 Å². The summed E-state index contributed by atoms with van der Waals surface area (Å²) < 4.78 is 0. The number of carbonyl (C=O) groups is 1. The molecule has 2 rings (SSSR count). The summed E-state index contributed by atoms with van der Waals surface area (Å²) in [5.74, 6) is 5.87. The summed E-state index contributed by atoms with van der Waals surface area (Å²) >= 11 is 0. The van der Waals surface area contributed by atoms with E-state index in [-0.39, 0.29) is 11.8 Å². The quantitative estimate of drug-likeness (QED) is 0.453. The normalized spacial score (nSPS) is 25.1. The Balaban J connectivity index is 1.93. The van der Waals surface area contributed by atoms with Gasteiger partial charge in [-0.2, -0.15) is 0 Å². The molecule has 0 bridgehead atoms. The average molecular weight is 218 g/mol. The van der Waals surface area contributed by atoms with Gasteiger partial charge in [0.05, 0.1) is 0 Å². The fraction of sp³-hybridized carbons (Fsp3) is 0.462. The molecule has 0 aromatic heterocycles. The standard InChI is InChI=1S/C13H18N2O/c14-15-13(16)12-8-6-11(7-9-12)10-4-2-1-3-5-10/h1-5,11-12H,6-9,14H2,(H,15,16)/t11-,12-. The zero-order valence-corrected chi connectivity index (χ0v) is 9.36. The Hall–Kier alpha value is -1.35. The minimum absolute atomic E-state index is 0.00786. The monoisotopic (exact) mass is 218 g/mol. The van der Waals surface area contributed by atoms with Gasteiger partial charge in [0.2, 0.25) is 5.91 Å². The number of nitrogens with one attached hydrogen (secondary N) is 1. The molecule has 3 N–H and O–H groups in total. The molecular formula is C13H18N2O. The Kier molecular flexibility index (Phi) is 3.57. The summed E-state index contributed by atoms with van der Waals surface area (Å²) in [4.78, 5) is 11.4. The van der Waals surface area contributed by atoms with Crippen molar-refractivity contribution < 1.29 is 4.79 Å². The Morgan fingerprint density at radius 2 is 1.75 bits per heavy atom. The van der Waals surface area contributed by atoms with Crippen LogP contribution in [-0.2, 0) is 4.79 Å². The number of benzene rings is 1. The van der Waals surface area contributed by atoms with Crippen LogP contribution in [0.15, 0.2) is 30.3 Å². The predicted molar refractivity (Wildman–Crippen MR) is 63.5 cm³/mol. The number of rotatable bonds is 2. The van der Waals surface area contributed by atoms with E-state index in [1.54, 1.807) is 0 Å². The summed E-state index contributed by atoms with van der Waals surface area (Å²) in [5.41, 5.74) is 3.65. The van der Waals surface area contributed by atoms with Crippen LogP contribution in [0.1, 0.15) is 37.2 Å². The van der Waals surface area contributed by atoms with Gasteiger partial charge in [0, 0.05) is 5.92 Å². The van der Waals surface area contributed by atoms with Crippen LogP contribution in [0.3, 0.4) is 0 Å². The van der Waals surface area contributed by atoms with E-state index in [1.807, 2.05) is 6.07 Å². The van der Waals surface area contributed by atoms with Gasteiger partial charge in [0.15, 0.2) is 0 Å². The van der Waals surface area contributed by atoms with E-state index >= 15 is 0 Å². The van der Waals surface area contributed by atoms with Crippen LogP contribution in [0.5, 0.6) is 0 Å². The summed E-state index contributed by atoms with van der Waals surface area (Å²) in [5, 5.41) is 0. The lowest BCUT2D eigenvalue weighted by atomic mass is 9.78. The van der Waals surface area contributed by atoms with Gasteiger partial charge in [-0.15, -0.1) is 0 Å². The Morgan fingerprint density at radius 1 is 1.12 bits per heavy atom. The van der Waals surface area contributed by atoms with Crippen LogP contribution in [0.25, 0.3) is 0 Å². The molecule has 1 aliphatic carbocycles. The van der Waals surface area contributed by atoms with Crippen LogP contribution in [0.4, 0.5) is 0 Å². The molecule has 0 unspecified atom stereocenters. The smallest absolute Gasteiger partial charge is 0.236 e. The molecule has 16 heavy (non-hydrogen) atoms. The van der Waals surface area contributed by atoms with Crippen LogP contribution < -0.4 is 11.3 Å². The van der Waals surface area contributed by atoms with Gasteiger partial charge in [0.1, 0.15) is 0 Å². The fourth-order valence-corrected chi connectivity index (χ4v) is 2.53. The Labute approximate surface area is 96.0 Å². The van der Waals surface area contributed by atoms with E-state index in [9.17, 15) is 4.79 Å². The number of nitrogens with two attached hydrogens (primary N) is 1. The topological polar surface area (TPSA) is 55.1 Å². The number of hydrazine groups is 1. The summed E-state index contributed by atoms with van der Waals surface area (Å²) in [6, 6.07) is 10.5. The largest absolute Gasteiger partial charge is 0.294 e. The van der Waals surface area contributed by atoms with Crippen molar-refractivity contribution in [3.05, 3.63) is 35.9 Å². The van der Waals surface area contributed by atoms with Crippen molar-refractivity contribution in [2.24, 2.45) is 11.8 Å². The third-order valence-electron chi connectivity index (χ3n) is 3.51. The van der Waals surface area contributed by atoms with Crippen LogP contribution >= 0.6 is 0 Å². The zero-order valence-electron chi connectivity index (χ0n) is 9.36. The first-order valence-electron chi connectivity index (χ1n) is 5.86. The molecule has 1 aromatic rings. The molecule has 1 aliphatic rings. The van der Waals surface area contributed by atoms with Crippen molar-refractivity contribution in [3.63, 3.8) is 0 Å².